The quantitative estimate of drug-likeness (QED) is 0.628. The van der Waals surface area contributed by atoms with Crippen molar-refractivity contribution in [1.82, 2.24) is 15.1 Å². The number of esters is 2. The molecule has 2 aliphatic rings. The number of aromatic nitrogens is 2. The first-order valence-corrected chi connectivity index (χ1v) is 10.00. The first kappa shape index (κ1) is 18.9. The average Bonchev–Trinajstić information content (AvgIpc) is 3.35. The Bertz CT molecular complexity index is 1100. The van der Waals surface area contributed by atoms with Crippen LogP contribution in [0.3, 0.4) is 0 Å². The Morgan fingerprint density at radius 2 is 1.87 bits per heavy atom. The fourth-order valence-corrected chi connectivity index (χ4v) is 4.23. The Hall–Kier alpha value is -3.10. The van der Waals surface area contributed by atoms with E-state index < -0.39 is 17.7 Å². The second-order valence-electron chi connectivity index (χ2n) is 7.16. The first-order valence-electron chi connectivity index (χ1n) is 9.62. The lowest BCUT2D eigenvalue weighted by Gasteiger charge is -2.32. The molecule has 1 fully saturated rings. The third-order valence-corrected chi connectivity index (χ3v) is 5.58. The van der Waals surface area contributed by atoms with Gasteiger partial charge in [-0.05, 0) is 48.9 Å². The minimum Gasteiger partial charge on any atom is -0.463 e. The normalized spacial score (nSPS) is 18.3. The highest BCUT2D eigenvalue weighted by molar-refractivity contribution is 6.32. The van der Waals surface area contributed by atoms with E-state index in [1.54, 1.807) is 35.3 Å². The third kappa shape index (κ3) is 3.09. The van der Waals surface area contributed by atoms with Gasteiger partial charge in [-0.3, -0.25) is 9.59 Å². The van der Waals surface area contributed by atoms with E-state index in [9.17, 15) is 9.59 Å². The summed E-state index contributed by atoms with van der Waals surface area (Å²) >= 11 is 6.63. The molecule has 1 N–H and O–H groups in total. The van der Waals surface area contributed by atoms with E-state index >= 15 is 0 Å². The van der Waals surface area contributed by atoms with E-state index in [1.165, 1.54) is 0 Å². The Balaban J connectivity index is 1.73. The van der Waals surface area contributed by atoms with Gasteiger partial charge in [0.15, 0.2) is 5.76 Å². The molecule has 154 valence electrons. The van der Waals surface area contributed by atoms with Gasteiger partial charge in [-0.25, -0.2) is 4.68 Å². The van der Waals surface area contributed by atoms with Crippen LogP contribution in [0.2, 0.25) is 5.02 Å². The van der Waals surface area contributed by atoms with Crippen LogP contribution in [0.5, 0.6) is 0 Å². The van der Waals surface area contributed by atoms with E-state index in [1.807, 2.05) is 12.1 Å². The van der Waals surface area contributed by atoms with Crippen LogP contribution in [-0.4, -0.2) is 34.8 Å². The van der Waals surface area contributed by atoms with Gasteiger partial charge < -0.3 is 19.2 Å². The number of carbonyl (C=O) groups is 2. The molecule has 2 aliphatic heterocycles. The minimum atomic E-state index is -1.55. The molecule has 0 atom stereocenters. The van der Waals surface area contributed by atoms with Gasteiger partial charge in [0.05, 0.1) is 42.6 Å². The van der Waals surface area contributed by atoms with Gasteiger partial charge in [0.25, 0.3) is 5.79 Å². The number of hydrogen-bond donors (Lipinski definition) is 1. The van der Waals surface area contributed by atoms with Gasteiger partial charge >= 0.3 is 11.9 Å². The summed E-state index contributed by atoms with van der Waals surface area (Å²) in [5.41, 5.74) is 2.71. The van der Waals surface area contributed by atoms with Crippen LogP contribution in [0, 0.1) is 0 Å². The second-order valence-corrected chi connectivity index (χ2v) is 7.56. The number of nitrogens with one attached hydrogen (secondary N) is 1. The summed E-state index contributed by atoms with van der Waals surface area (Å²) in [6, 6.07) is 8.90. The molecule has 0 amide bonds. The topological polar surface area (TPSA) is 95.6 Å². The van der Waals surface area contributed by atoms with Gasteiger partial charge in [-0.15, -0.1) is 0 Å². The lowest BCUT2D eigenvalue weighted by Crippen LogP contribution is -2.43. The van der Waals surface area contributed by atoms with E-state index in [2.05, 4.69) is 10.4 Å². The smallest absolute Gasteiger partial charge is 0.309 e. The molecule has 0 radical (unpaired) electrons. The molecule has 4 heterocycles. The SMILES string of the molecule is O=C1CCC(=O)OC2(CNCCc3c2ccc(Cl)c3-n2nccc2-c2ccco2)O1. The lowest BCUT2D eigenvalue weighted by atomic mass is 9.96. The van der Waals surface area contributed by atoms with Crippen LogP contribution in [0.4, 0.5) is 0 Å². The van der Waals surface area contributed by atoms with Crippen molar-refractivity contribution >= 4 is 23.5 Å². The molecule has 1 saturated heterocycles. The van der Waals surface area contributed by atoms with Crippen LogP contribution in [0.25, 0.3) is 17.1 Å². The van der Waals surface area contributed by atoms with Crippen LogP contribution in [-0.2, 0) is 31.3 Å². The maximum Gasteiger partial charge on any atom is 0.309 e. The number of halogens is 1. The zero-order valence-corrected chi connectivity index (χ0v) is 16.6. The largest absolute Gasteiger partial charge is 0.463 e. The molecule has 9 heteroatoms. The molecule has 2 aromatic heterocycles. The van der Waals surface area contributed by atoms with Crippen LogP contribution >= 0.6 is 11.6 Å². The van der Waals surface area contributed by atoms with Crippen LogP contribution < -0.4 is 5.32 Å². The summed E-state index contributed by atoms with van der Waals surface area (Å²) < 4.78 is 18.6. The fraction of sp³-hybridized carbons (Fsp3) is 0.286. The summed E-state index contributed by atoms with van der Waals surface area (Å²) in [7, 11) is 0. The molecule has 0 bridgehead atoms. The maximum atomic E-state index is 12.3. The van der Waals surface area contributed by atoms with Crippen molar-refractivity contribution in [3.05, 3.63) is 58.9 Å². The third-order valence-electron chi connectivity index (χ3n) is 5.27. The summed E-state index contributed by atoms with van der Waals surface area (Å²) in [6.45, 7) is 0.733. The predicted octanol–water partition coefficient (Wildman–Crippen LogP) is 2.96. The zero-order valence-electron chi connectivity index (χ0n) is 15.9. The number of ether oxygens (including phenoxy) is 2. The Morgan fingerprint density at radius 1 is 1.07 bits per heavy atom. The molecule has 1 spiro atoms. The Labute approximate surface area is 176 Å². The zero-order chi connectivity index (χ0) is 20.7. The molecule has 3 aromatic rings. The molecule has 5 rings (SSSR count). The van der Waals surface area contributed by atoms with E-state index in [0.717, 1.165) is 11.3 Å². The number of hydrogen-bond acceptors (Lipinski definition) is 7. The first-order chi connectivity index (χ1) is 14.6. The number of carbonyl (C=O) groups excluding carboxylic acids is 2. The van der Waals surface area contributed by atoms with Gasteiger partial charge in [-0.2, -0.15) is 5.10 Å². The van der Waals surface area contributed by atoms with Crippen molar-refractivity contribution in [2.75, 3.05) is 13.1 Å². The lowest BCUT2D eigenvalue weighted by molar-refractivity contribution is -0.225. The van der Waals surface area contributed by atoms with Crippen molar-refractivity contribution in [2.45, 2.75) is 25.0 Å². The molecule has 0 saturated carbocycles. The van der Waals surface area contributed by atoms with Gasteiger partial charge in [-0.1, -0.05) is 11.6 Å². The number of furan rings is 1. The number of nitrogens with zero attached hydrogens (tertiary/aromatic N) is 2. The van der Waals surface area contributed by atoms with E-state index in [-0.39, 0.29) is 19.4 Å². The highest BCUT2D eigenvalue weighted by Crippen LogP contribution is 2.40. The molecular weight excluding hydrogens is 410 g/mol. The average molecular weight is 428 g/mol. The molecule has 8 nitrogen and oxygen atoms in total. The summed E-state index contributed by atoms with van der Waals surface area (Å²) in [4.78, 5) is 24.6. The fourth-order valence-electron chi connectivity index (χ4n) is 3.98. The monoisotopic (exact) mass is 427 g/mol. The number of fused-ring (bicyclic) bond motifs is 2. The van der Waals surface area contributed by atoms with Crippen molar-refractivity contribution < 1.29 is 23.5 Å². The van der Waals surface area contributed by atoms with Crippen LogP contribution in [0.15, 0.2) is 47.2 Å². The highest BCUT2D eigenvalue weighted by Gasteiger charge is 2.46. The molecule has 1 aromatic carbocycles. The second kappa shape index (κ2) is 7.30. The number of rotatable bonds is 2. The van der Waals surface area contributed by atoms with E-state index in [4.69, 9.17) is 25.5 Å². The highest BCUT2D eigenvalue weighted by atomic mass is 35.5. The molecular formula is C21H18ClN3O5. The maximum absolute atomic E-state index is 12.3. The van der Waals surface area contributed by atoms with Gasteiger partial charge in [0, 0.05) is 5.56 Å². The minimum absolute atomic E-state index is 0.0157. The summed E-state index contributed by atoms with van der Waals surface area (Å²) in [6.07, 6.45) is 3.78. The van der Waals surface area contributed by atoms with Gasteiger partial charge in [0.1, 0.15) is 5.69 Å². The molecule has 0 unspecified atom stereocenters. The van der Waals surface area contributed by atoms with Crippen LogP contribution in [0.1, 0.15) is 24.0 Å². The van der Waals surface area contributed by atoms with E-state index in [0.29, 0.717) is 35.0 Å². The van der Waals surface area contributed by atoms with Crippen molar-refractivity contribution in [1.29, 1.82) is 0 Å². The van der Waals surface area contributed by atoms with Gasteiger partial charge in [0.2, 0.25) is 0 Å². The Morgan fingerprint density at radius 3 is 2.60 bits per heavy atom. The molecule has 0 aliphatic carbocycles. The Kier molecular flexibility index (Phi) is 4.60. The van der Waals surface area contributed by atoms with Crippen molar-refractivity contribution in [2.24, 2.45) is 0 Å². The summed E-state index contributed by atoms with van der Waals surface area (Å²) in [5.74, 6) is -1.88. The van der Waals surface area contributed by atoms with Crippen molar-refractivity contribution in [3.8, 4) is 17.1 Å². The predicted molar refractivity (Wildman–Crippen MR) is 106 cm³/mol. The summed E-state index contributed by atoms with van der Waals surface area (Å²) in [5, 5.41) is 8.14. The standard InChI is InChI=1S/C21H18ClN3O5/c22-15-4-3-14-13(20(15)25-16(8-10-24-25)17-2-1-11-28-17)7-9-23-12-21(14)29-18(26)5-6-19(27)30-21/h1-4,8,10-11,23H,5-7,9,12H2. The number of benzene rings is 1. The van der Waals surface area contributed by atoms with Crippen molar-refractivity contribution in [3.63, 3.8) is 0 Å². The molecule has 30 heavy (non-hydrogen) atoms.